The first-order valence-corrected chi connectivity index (χ1v) is 15.8. The molecule has 2 unspecified atom stereocenters. The summed E-state index contributed by atoms with van der Waals surface area (Å²) in [5.74, 6) is 0.729. The number of hydrogen-bond donors (Lipinski definition) is 0. The molecule has 1 fully saturated rings. The smallest absolute Gasteiger partial charge is 0.00941 e. The molecule has 0 spiro atoms. The summed E-state index contributed by atoms with van der Waals surface area (Å²) in [7, 11) is -0.835. The van der Waals surface area contributed by atoms with E-state index in [2.05, 4.69) is 130 Å². The quantitative estimate of drug-likeness (QED) is 0.235. The lowest BCUT2D eigenvalue weighted by atomic mass is 10.0. The highest BCUT2D eigenvalue weighted by Gasteiger charge is 2.41. The van der Waals surface area contributed by atoms with Gasteiger partial charge in [-0.2, -0.15) is 0 Å². The fraction of sp³-hybridized carbons (Fsp3) is 0.273. The summed E-state index contributed by atoms with van der Waals surface area (Å²) in [4.78, 5) is 0. The van der Waals surface area contributed by atoms with Crippen LogP contribution in [0.3, 0.4) is 0 Å². The van der Waals surface area contributed by atoms with E-state index in [0.717, 1.165) is 11.6 Å². The van der Waals surface area contributed by atoms with Gasteiger partial charge in [0.15, 0.2) is 0 Å². The number of benzene rings is 4. The molecule has 5 rings (SSSR count). The zero-order valence-corrected chi connectivity index (χ0v) is 22.9. The van der Waals surface area contributed by atoms with E-state index < -0.39 is 15.8 Å². The molecule has 35 heavy (non-hydrogen) atoms. The number of aryl methyl sites for hydroxylation is 2. The zero-order valence-electron chi connectivity index (χ0n) is 21.1. The maximum absolute atomic E-state index is 2.57. The van der Waals surface area contributed by atoms with Crippen LogP contribution in [0.5, 0.6) is 0 Å². The van der Waals surface area contributed by atoms with Gasteiger partial charge >= 0.3 is 0 Å². The van der Waals surface area contributed by atoms with Crippen molar-refractivity contribution >= 4 is 37.1 Å². The standard InChI is InChI=1S/C33H36P2/c1-25-15-10-12-22-31(25)35(32-23-13-11-16-26(32)2)33-24-14-21-30(33)27(3)34(28-17-6-4-7-18-28)29-19-8-5-9-20-29/h4-13,15-20,22-23,27,30,33H,14,21,24H2,1-3H3/t27-,30?,33?/m1/s1. The first-order chi connectivity index (χ1) is 17.1. The Morgan fingerprint density at radius 1 is 0.600 bits per heavy atom. The molecule has 0 bridgehead atoms. The van der Waals surface area contributed by atoms with Crippen LogP contribution >= 0.6 is 15.8 Å². The molecule has 0 N–H and O–H groups in total. The normalized spacial score (nSPS) is 18.8. The summed E-state index contributed by atoms with van der Waals surface area (Å²) in [6.45, 7) is 7.20. The second-order valence-electron chi connectivity index (χ2n) is 9.89. The zero-order chi connectivity index (χ0) is 24.2. The lowest BCUT2D eigenvalue weighted by Crippen LogP contribution is -2.34. The predicted octanol–water partition coefficient (Wildman–Crippen LogP) is 7.43. The van der Waals surface area contributed by atoms with Gasteiger partial charge in [-0.05, 0) is 92.1 Å². The van der Waals surface area contributed by atoms with Gasteiger partial charge in [-0.1, -0.05) is 123 Å². The van der Waals surface area contributed by atoms with E-state index in [0.29, 0.717) is 5.66 Å². The third kappa shape index (κ3) is 5.16. The van der Waals surface area contributed by atoms with Crippen molar-refractivity contribution in [3.05, 3.63) is 120 Å². The SMILES string of the molecule is Cc1ccccc1P(c1ccccc1C)C1CCCC1[C@@H](C)P(c1ccccc1)c1ccccc1. The van der Waals surface area contributed by atoms with Crippen LogP contribution in [0.15, 0.2) is 109 Å². The van der Waals surface area contributed by atoms with Crippen LogP contribution in [-0.4, -0.2) is 11.3 Å². The van der Waals surface area contributed by atoms with E-state index in [-0.39, 0.29) is 0 Å². The van der Waals surface area contributed by atoms with E-state index in [1.54, 1.807) is 10.6 Å². The monoisotopic (exact) mass is 494 g/mol. The summed E-state index contributed by atoms with van der Waals surface area (Å²) in [5, 5.41) is 6.21. The molecule has 3 atom stereocenters. The number of hydrogen-bond acceptors (Lipinski definition) is 0. The molecular formula is C33H36P2. The highest BCUT2D eigenvalue weighted by Crippen LogP contribution is 2.56. The van der Waals surface area contributed by atoms with Crippen molar-refractivity contribution in [2.45, 2.75) is 51.4 Å². The third-order valence-corrected chi connectivity index (χ3v) is 14.0. The van der Waals surface area contributed by atoms with Gasteiger partial charge in [-0.25, -0.2) is 0 Å². The molecular weight excluding hydrogens is 458 g/mol. The van der Waals surface area contributed by atoms with E-state index in [4.69, 9.17) is 0 Å². The van der Waals surface area contributed by atoms with Gasteiger partial charge in [0, 0.05) is 0 Å². The van der Waals surface area contributed by atoms with Crippen molar-refractivity contribution in [2.75, 3.05) is 0 Å². The van der Waals surface area contributed by atoms with Gasteiger partial charge in [0.05, 0.1) is 0 Å². The van der Waals surface area contributed by atoms with Crippen molar-refractivity contribution in [3.63, 3.8) is 0 Å². The van der Waals surface area contributed by atoms with Crippen LogP contribution in [-0.2, 0) is 0 Å². The molecule has 0 amide bonds. The first-order valence-electron chi connectivity index (χ1n) is 12.9. The third-order valence-electron chi connectivity index (χ3n) is 7.71. The molecule has 2 heteroatoms. The lowest BCUT2D eigenvalue weighted by Gasteiger charge is -2.38. The predicted molar refractivity (Wildman–Crippen MR) is 158 cm³/mol. The van der Waals surface area contributed by atoms with Crippen molar-refractivity contribution in [2.24, 2.45) is 5.92 Å². The Bertz CT molecular complexity index is 1150. The summed E-state index contributed by atoms with van der Waals surface area (Å²) < 4.78 is 0. The minimum absolute atomic E-state index is 0.417. The average Bonchev–Trinajstić information content (AvgIpc) is 3.37. The highest BCUT2D eigenvalue weighted by atomic mass is 31.1. The fourth-order valence-electron chi connectivity index (χ4n) is 5.99. The first kappa shape index (κ1) is 24.4. The van der Waals surface area contributed by atoms with Crippen LogP contribution < -0.4 is 21.2 Å². The topological polar surface area (TPSA) is 0 Å². The van der Waals surface area contributed by atoms with Crippen molar-refractivity contribution in [1.29, 1.82) is 0 Å². The van der Waals surface area contributed by atoms with Crippen LogP contribution in [0.2, 0.25) is 0 Å². The highest BCUT2D eigenvalue weighted by molar-refractivity contribution is 7.74. The Labute approximate surface area is 214 Å². The molecule has 1 aliphatic rings. The van der Waals surface area contributed by atoms with Gasteiger partial charge in [0.2, 0.25) is 0 Å². The largest absolute Gasteiger partial charge is 0.0622 e. The summed E-state index contributed by atoms with van der Waals surface area (Å²) in [5.41, 5.74) is 4.27. The fourth-order valence-corrected chi connectivity index (χ4v) is 12.7. The summed E-state index contributed by atoms with van der Waals surface area (Å²) >= 11 is 0. The Balaban J connectivity index is 1.59. The van der Waals surface area contributed by atoms with E-state index in [1.807, 2.05) is 0 Å². The van der Waals surface area contributed by atoms with Gasteiger partial charge in [-0.15, -0.1) is 0 Å². The van der Waals surface area contributed by atoms with Gasteiger partial charge in [0.25, 0.3) is 0 Å². The van der Waals surface area contributed by atoms with Gasteiger partial charge in [0.1, 0.15) is 0 Å². The minimum atomic E-state index is -0.418. The molecule has 4 aromatic rings. The molecule has 0 radical (unpaired) electrons. The van der Waals surface area contributed by atoms with Crippen LogP contribution in [0, 0.1) is 19.8 Å². The van der Waals surface area contributed by atoms with Crippen LogP contribution in [0.25, 0.3) is 0 Å². The van der Waals surface area contributed by atoms with Crippen molar-refractivity contribution < 1.29 is 0 Å². The van der Waals surface area contributed by atoms with Crippen molar-refractivity contribution in [1.82, 2.24) is 0 Å². The Morgan fingerprint density at radius 3 is 1.54 bits per heavy atom. The maximum Gasteiger partial charge on any atom is -0.00941 e. The molecule has 1 saturated carbocycles. The second-order valence-corrected chi connectivity index (χ2v) is 14.8. The Hall–Kier alpha value is -2.26. The molecule has 1 aliphatic carbocycles. The molecule has 178 valence electrons. The van der Waals surface area contributed by atoms with Gasteiger partial charge < -0.3 is 0 Å². The minimum Gasteiger partial charge on any atom is -0.0622 e. The Kier molecular flexibility index (Phi) is 7.82. The second kappa shape index (κ2) is 11.2. The van der Waals surface area contributed by atoms with Crippen LogP contribution in [0.1, 0.15) is 37.3 Å². The molecule has 0 heterocycles. The van der Waals surface area contributed by atoms with E-state index in [9.17, 15) is 0 Å². The van der Waals surface area contributed by atoms with E-state index >= 15 is 0 Å². The van der Waals surface area contributed by atoms with Crippen LogP contribution in [0.4, 0.5) is 0 Å². The summed E-state index contributed by atoms with van der Waals surface area (Å²) in [6, 6.07) is 41.0. The van der Waals surface area contributed by atoms with Crippen molar-refractivity contribution in [3.8, 4) is 0 Å². The average molecular weight is 495 g/mol. The molecule has 4 aromatic carbocycles. The lowest BCUT2D eigenvalue weighted by molar-refractivity contribution is 0.548. The number of rotatable bonds is 7. The van der Waals surface area contributed by atoms with E-state index in [1.165, 1.54) is 41.0 Å². The molecule has 0 aliphatic heterocycles. The molecule has 0 saturated heterocycles. The van der Waals surface area contributed by atoms with Gasteiger partial charge in [-0.3, -0.25) is 0 Å². The molecule has 0 aromatic heterocycles. The molecule has 0 nitrogen and oxygen atoms in total. The maximum atomic E-state index is 2.57. The summed E-state index contributed by atoms with van der Waals surface area (Å²) in [6.07, 6.45) is 4.04. The Morgan fingerprint density at radius 2 is 1.06 bits per heavy atom.